The first-order valence-electron chi connectivity index (χ1n) is 39.3. The molecule has 9 N–H and O–H groups in total. The van der Waals surface area contributed by atoms with E-state index >= 15 is 0 Å². The van der Waals surface area contributed by atoms with Crippen molar-refractivity contribution in [3.8, 4) is 0 Å². The minimum absolute atomic E-state index is 0.197. The third-order valence-corrected chi connectivity index (χ3v) is 19.8. The topological polar surface area (TPSA) is 228 Å². The first kappa shape index (κ1) is 85.1. The summed E-state index contributed by atoms with van der Waals surface area (Å²) in [6.07, 6.45) is 58.9. The largest absolute Gasteiger partial charge is 0.394 e. The Hall–Kier alpha value is -1.01. The van der Waals surface area contributed by atoms with Gasteiger partial charge in [-0.2, -0.15) is 0 Å². The van der Waals surface area contributed by atoms with Crippen LogP contribution in [-0.2, 0) is 23.7 Å². The van der Waals surface area contributed by atoms with Gasteiger partial charge in [-0.05, 0) is 12.8 Å². The van der Waals surface area contributed by atoms with Gasteiger partial charge in [0.2, 0.25) is 5.91 Å². The van der Waals surface area contributed by atoms with Crippen molar-refractivity contribution in [3.63, 3.8) is 0 Å². The van der Waals surface area contributed by atoms with Gasteiger partial charge < -0.3 is 65.1 Å². The molecule has 14 nitrogen and oxygen atoms in total. The molecule has 0 aromatic heterocycles. The lowest BCUT2D eigenvalue weighted by molar-refractivity contribution is -0.359. The monoisotopic (exact) mass is 1280 g/mol. The lowest BCUT2D eigenvalue weighted by atomic mass is 9.97. The number of carbonyl (C=O) groups is 1. The van der Waals surface area contributed by atoms with Crippen molar-refractivity contribution in [2.75, 3.05) is 19.8 Å². The van der Waals surface area contributed by atoms with Crippen molar-refractivity contribution in [2.24, 2.45) is 0 Å². The Kier molecular flexibility index (Phi) is 58.2. The fourth-order valence-corrected chi connectivity index (χ4v) is 13.6. The molecule has 12 unspecified atom stereocenters. The Balaban J connectivity index is 1.52. The molecule has 2 saturated heterocycles. The first-order chi connectivity index (χ1) is 44.1. The van der Waals surface area contributed by atoms with E-state index in [0.717, 1.165) is 51.4 Å². The van der Waals surface area contributed by atoms with E-state index in [4.69, 9.17) is 18.9 Å². The maximum absolute atomic E-state index is 13.4. The van der Waals surface area contributed by atoms with E-state index in [2.05, 4.69) is 19.2 Å². The zero-order valence-corrected chi connectivity index (χ0v) is 58.7. The van der Waals surface area contributed by atoms with E-state index in [1.54, 1.807) is 0 Å². The van der Waals surface area contributed by atoms with Crippen LogP contribution in [0, 0.1) is 0 Å². The predicted octanol–water partition coefficient (Wildman–Crippen LogP) is 17.1. The van der Waals surface area contributed by atoms with Crippen LogP contribution in [0.4, 0.5) is 0 Å². The number of nitrogens with one attached hydrogen (secondary N) is 1. The average molecular weight is 1290 g/mol. The molecular formula is C76H149NO13. The maximum atomic E-state index is 13.4. The quantitative estimate of drug-likeness (QED) is 0.0259. The summed E-state index contributed by atoms with van der Waals surface area (Å²) in [5, 5.41) is 87.6. The van der Waals surface area contributed by atoms with E-state index in [9.17, 15) is 45.6 Å². The lowest BCUT2D eigenvalue weighted by Crippen LogP contribution is -2.65. The first-order valence-corrected chi connectivity index (χ1v) is 39.3. The molecule has 2 fully saturated rings. The Bertz CT molecular complexity index is 1510. The van der Waals surface area contributed by atoms with Gasteiger partial charge in [-0.15, -0.1) is 0 Å². The zero-order valence-electron chi connectivity index (χ0n) is 58.7. The maximum Gasteiger partial charge on any atom is 0.220 e. The second-order valence-electron chi connectivity index (χ2n) is 28.2. The van der Waals surface area contributed by atoms with E-state index in [1.165, 1.54) is 308 Å². The summed E-state index contributed by atoms with van der Waals surface area (Å²) in [4.78, 5) is 13.4. The van der Waals surface area contributed by atoms with E-state index in [0.29, 0.717) is 12.8 Å². The molecule has 0 radical (unpaired) electrons. The number of unbranched alkanes of at least 4 members (excludes halogenated alkanes) is 54. The third-order valence-electron chi connectivity index (χ3n) is 19.8. The molecule has 0 aliphatic carbocycles. The Morgan fingerprint density at radius 1 is 0.356 bits per heavy atom. The number of rotatable bonds is 67. The van der Waals surface area contributed by atoms with Gasteiger partial charge in [0.05, 0.1) is 32.0 Å². The predicted molar refractivity (Wildman–Crippen MR) is 369 cm³/mol. The highest BCUT2D eigenvalue weighted by atomic mass is 16.7. The van der Waals surface area contributed by atoms with Crippen molar-refractivity contribution < 1.29 is 64.6 Å². The van der Waals surface area contributed by atoms with Gasteiger partial charge in [-0.1, -0.05) is 367 Å². The van der Waals surface area contributed by atoms with Crippen LogP contribution in [0.2, 0.25) is 0 Å². The van der Waals surface area contributed by atoms with Crippen LogP contribution in [0.15, 0.2) is 0 Å². The fraction of sp³-hybridized carbons (Fsp3) is 0.987. The third kappa shape index (κ3) is 44.7. The molecule has 14 heteroatoms. The van der Waals surface area contributed by atoms with Crippen LogP contribution in [0.5, 0.6) is 0 Å². The van der Waals surface area contributed by atoms with Crippen LogP contribution in [0.25, 0.3) is 0 Å². The molecule has 0 bridgehead atoms. The lowest BCUT2D eigenvalue weighted by Gasteiger charge is -2.46. The number of amides is 1. The number of aliphatic hydroxyl groups excluding tert-OH is 8. The standard InChI is InChI=1S/C76H149NO13/c1-3-5-7-9-11-13-15-17-19-21-22-23-24-25-26-27-28-29-30-31-32-33-34-35-36-37-38-39-40-41-42-43-44-46-48-50-52-54-56-58-60-68(81)77-64(65(80)59-57-55-53-51-49-47-45-20-18-16-14-12-10-8-6-4-2)63-87-75-73(86)71(84)74(67(62-79)89-75)90-76-72(85)70(83)69(82)66(61-78)88-76/h64-67,69-76,78-80,82-86H,3-63H2,1-2H3,(H,77,81). The van der Waals surface area contributed by atoms with Crippen molar-refractivity contribution in [1.82, 2.24) is 5.32 Å². The summed E-state index contributed by atoms with van der Waals surface area (Å²) in [5.74, 6) is -0.197. The summed E-state index contributed by atoms with van der Waals surface area (Å²) >= 11 is 0. The molecule has 0 saturated carbocycles. The van der Waals surface area contributed by atoms with Crippen LogP contribution in [-0.4, -0.2) is 140 Å². The summed E-state index contributed by atoms with van der Waals surface area (Å²) in [6, 6.07) is -0.824. The molecule has 2 heterocycles. The van der Waals surface area contributed by atoms with Crippen LogP contribution in [0.3, 0.4) is 0 Å². The second-order valence-corrected chi connectivity index (χ2v) is 28.2. The average Bonchev–Trinajstić information content (AvgIpc) is 1.42. The molecule has 2 rings (SSSR count). The molecule has 90 heavy (non-hydrogen) atoms. The SMILES string of the molecule is CCCCCCCCCCCCCCCCCCCCCCCCCCCCCCCCCCCCCCCCCCC(=O)NC(COC1OC(CO)C(OC2OC(CO)C(O)C(O)C2O)C(O)C1O)C(O)CCCCCCCCCCCCCCCCCC. The highest BCUT2D eigenvalue weighted by Crippen LogP contribution is 2.30. The fourth-order valence-electron chi connectivity index (χ4n) is 13.6. The number of carbonyl (C=O) groups excluding carboxylic acids is 1. The normalized spacial score (nSPS) is 22.8. The van der Waals surface area contributed by atoms with Gasteiger partial charge in [0.1, 0.15) is 48.8 Å². The minimum Gasteiger partial charge on any atom is -0.394 e. The molecule has 12 atom stereocenters. The van der Waals surface area contributed by atoms with E-state index in [-0.39, 0.29) is 12.5 Å². The molecule has 2 aliphatic heterocycles. The smallest absolute Gasteiger partial charge is 0.220 e. The van der Waals surface area contributed by atoms with Crippen LogP contribution < -0.4 is 5.32 Å². The Morgan fingerprint density at radius 3 is 0.944 bits per heavy atom. The second kappa shape index (κ2) is 61.6. The molecule has 2 aliphatic rings. The molecule has 0 aromatic carbocycles. The van der Waals surface area contributed by atoms with Crippen molar-refractivity contribution in [2.45, 2.75) is 460 Å². The zero-order chi connectivity index (χ0) is 65.2. The highest BCUT2D eigenvalue weighted by Gasteiger charge is 2.51. The highest BCUT2D eigenvalue weighted by molar-refractivity contribution is 5.76. The molecule has 0 aromatic rings. The van der Waals surface area contributed by atoms with Crippen LogP contribution >= 0.6 is 0 Å². The number of aliphatic hydroxyl groups is 8. The van der Waals surface area contributed by atoms with Crippen molar-refractivity contribution in [3.05, 3.63) is 0 Å². The summed E-state index contributed by atoms with van der Waals surface area (Å²) in [6.45, 7) is 2.93. The summed E-state index contributed by atoms with van der Waals surface area (Å²) in [5.41, 5.74) is 0. The van der Waals surface area contributed by atoms with Crippen molar-refractivity contribution in [1.29, 1.82) is 0 Å². The molecule has 0 spiro atoms. The number of hydrogen-bond acceptors (Lipinski definition) is 13. The van der Waals surface area contributed by atoms with Gasteiger partial charge in [-0.3, -0.25) is 4.79 Å². The van der Waals surface area contributed by atoms with E-state index < -0.39 is 86.8 Å². The minimum atomic E-state index is -1.78. The van der Waals surface area contributed by atoms with Gasteiger partial charge in [-0.25, -0.2) is 0 Å². The number of hydrogen-bond donors (Lipinski definition) is 9. The Morgan fingerprint density at radius 2 is 0.633 bits per heavy atom. The molecule has 536 valence electrons. The summed E-state index contributed by atoms with van der Waals surface area (Å²) in [7, 11) is 0. The van der Waals surface area contributed by atoms with Gasteiger partial charge in [0, 0.05) is 6.42 Å². The molecular weight excluding hydrogens is 1130 g/mol. The van der Waals surface area contributed by atoms with Crippen LogP contribution in [0.1, 0.15) is 386 Å². The van der Waals surface area contributed by atoms with Gasteiger partial charge in [0.25, 0.3) is 0 Å². The van der Waals surface area contributed by atoms with Gasteiger partial charge in [0.15, 0.2) is 12.6 Å². The van der Waals surface area contributed by atoms with Crippen molar-refractivity contribution >= 4 is 5.91 Å². The van der Waals surface area contributed by atoms with Gasteiger partial charge >= 0.3 is 0 Å². The Labute approximate surface area is 553 Å². The number of ether oxygens (including phenoxy) is 4. The van der Waals surface area contributed by atoms with E-state index in [1.807, 2.05) is 0 Å². The summed E-state index contributed by atoms with van der Waals surface area (Å²) < 4.78 is 22.9. The molecule has 1 amide bonds.